The summed E-state index contributed by atoms with van der Waals surface area (Å²) in [6.45, 7) is -0.174. The van der Waals surface area contributed by atoms with E-state index in [9.17, 15) is 8.78 Å². The second kappa shape index (κ2) is 2.19. The van der Waals surface area contributed by atoms with E-state index in [2.05, 4.69) is 4.74 Å². The molecule has 4 heteroatoms. The molecule has 0 heterocycles. The molecule has 1 saturated carbocycles. The zero-order chi connectivity index (χ0) is 6.91. The second-order valence-electron chi connectivity index (χ2n) is 2.05. The van der Waals surface area contributed by atoms with Crippen LogP contribution in [0.1, 0.15) is 6.42 Å². The van der Waals surface area contributed by atoms with Crippen molar-refractivity contribution in [3.8, 4) is 0 Å². The summed E-state index contributed by atoms with van der Waals surface area (Å²) < 4.78 is 28.3. The topological polar surface area (TPSA) is 29.5 Å². The maximum atomic E-state index is 11.9. The molecule has 0 bridgehead atoms. The first-order valence-corrected chi connectivity index (χ1v) is 2.77. The van der Waals surface area contributed by atoms with Crippen LogP contribution >= 0.6 is 0 Å². The highest BCUT2D eigenvalue weighted by Gasteiger charge is 2.58. The summed E-state index contributed by atoms with van der Waals surface area (Å²) in [5, 5.41) is 8.14. The smallest absolute Gasteiger partial charge is 0.276 e. The lowest BCUT2D eigenvalue weighted by Gasteiger charge is -1.97. The summed E-state index contributed by atoms with van der Waals surface area (Å²) in [5.74, 6) is -2.62. The molecule has 1 atom stereocenters. The first kappa shape index (κ1) is 6.89. The van der Waals surface area contributed by atoms with Crippen LogP contribution in [0.15, 0.2) is 0 Å². The summed E-state index contributed by atoms with van der Waals surface area (Å²) >= 11 is 0. The normalized spacial score (nSPS) is 30.3. The van der Waals surface area contributed by atoms with Gasteiger partial charge in [-0.15, -0.1) is 0 Å². The molecule has 0 amide bonds. The van der Waals surface area contributed by atoms with Crippen LogP contribution in [-0.2, 0) is 4.74 Å². The Labute approximate surface area is 51.4 Å². The number of halogens is 2. The van der Waals surface area contributed by atoms with Crippen LogP contribution in [0, 0.1) is 0 Å². The van der Waals surface area contributed by atoms with Gasteiger partial charge in [-0.3, -0.25) is 0 Å². The molecule has 54 valence electrons. The van der Waals surface area contributed by atoms with Crippen LogP contribution in [-0.4, -0.2) is 30.3 Å². The Morgan fingerprint density at radius 3 is 2.56 bits per heavy atom. The third-order valence-electron chi connectivity index (χ3n) is 1.18. The predicted molar refractivity (Wildman–Crippen MR) is 26.4 cm³/mol. The Kier molecular flexibility index (Phi) is 1.68. The van der Waals surface area contributed by atoms with E-state index in [1.165, 1.54) is 0 Å². The van der Waals surface area contributed by atoms with Gasteiger partial charge in [-0.05, 0) is 0 Å². The summed E-state index contributed by atoms with van der Waals surface area (Å²) in [6.07, 6.45) is -1.11. The number of alkyl halides is 2. The third kappa shape index (κ3) is 1.59. The lowest BCUT2D eigenvalue weighted by Crippen LogP contribution is -2.07. The van der Waals surface area contributed by atoms with Gasteiger partial charge >= 0.3 is 0 Å². The zero-order valence-electron chi connectivity index (χ0n) is 4.81. The van der Waals surface area contributed by atoms with Gasteiger partial charge in [0.05, 0.1) is 13.2 Å². The molecule has 1 rings (SSSR count). The molecule has 1 aliphatic carbocycles. The number of ether oxygens (including phenoxy) is 1. The lowest BCUT2D eigenvalue weighted by atomic mass is 10.7. The largest absolute Gasteiger partial charge is 0.394 e. The van der Waals surface area contributed by atoms with Crippen molar-refractivity contribution in [1.29, 1.82) is 0 Å². The van der Waals surface area contributed by atoms with E-state index in [1.807, 2.05) is 0 Å². The highest BCUT2D eigenvalue weighted by Crippen LogP contribution is 2.44. The lowest BCUT2D eigenvalue weighted by molar-refractivity contribution is 0.00160. The van der Waals surface area contributed by atoms with Gasteiger partial charge in [0.2, 0.25) is 0 Å². The Bertz CT molecular complexity index is 105. The summed E-state index contributed by atoms with van der Waals surface area (Å²) in [6, 6.07) is 0. The highest BCUT2D eigenvalue weighted by molar-refractivity contribution is 4.96. The van der Waals surface area contributed by atoms with E-state index in [0.29, 0.717) is 0 Å². The van der Waals surface area contributed by atoms with Gasteiger partial charge in [-0.2, -0.15) is 0 Å². The van der Waals surface area contributed by atoms with E-state index >= 15 is 0 Å². The highest BCUT2D eigenvalue weighted by atomic mass is 19.3. The van der Waals surface area contributed by atoms with Crippen molar-refractivity contribution < 1.29 is 18.6 Å². The van der Waals surface area contributed by atoms with Gasteiger partial charge in [0.25, 0.3) is 5.92 Å². The molecule has 0 aliphatic heterocycles. The minimum absolute atomic E-state index is 0.0141. The van der Waals surface area contributed by atoms with Crippen LogP contribution in [0.2, 0.25) is 0 Å². The quantitative estimate of drug-likeness (QED) is 0.611. The van der Waals surface area contributed by atoms with Gasteiger partial charge < -0.3 is 9.84 Å². The monoisotopic (exact) mass is 138 g/mol. The fourth-order valence-electron chi connectivity index (χ4n) is 0.564. The standard InChI is InChI=1S/C5H8F2O2/c6-5(7)3-4(5)9-2-1-8/h4,8H,1-3H2/t4-/m0/s1. The molecule has 0 aromatic heterocycles. The van der Waals surface area contributed by atoms with Gasteiger partial charge in [0, 0.05) is 6.42 Å². The molecule has 1 fully saturated rings. The Balaban J connectivity index is 2.06. The number of aliphatic hydroxyl groups is 1. The maximum absolute atomic E-state index is 11.9. The number of aliphatic hydroxyl groups excluding tert-OH is 1. The average Bonchev–Trinajstić information content (AvgIpc) is 2.35. The molecular formula is C5H8F2O2. The number of hydrogen-bond donors (Lipinski definition) is 1. The molecule has 0 radical (unpaired) electrons. The van der Waals surface area contributed by atoms with Crippen molar-refractivity contribution in [3.63, 3.8) is 0 Å². The number of hydrogen-bond acceptors (Lipinski definition) is 2. The van der Waals surface area contributed by atoms with Crippen LogP contribution < -0.4 is 0 Å². The zero-order valence-corrected chi connectivity index (χ0v) is 4.81. The van der Waals surface area contributed by atoms with E-state index in [4.69, 9.17) is 5.11 Å². The van der Waals surface area contributed by atoms with Crippen molar-refractivity contribution in [3.05, 3.63) is 0 Å². The molecular weight excluding hydrogens is 130 g/mol. The van der Waals surface area contributed by atoms with E-state index < -0.39 is 12.0 Å². The first-order valence-electron chi connectivity index (χ1n) is 2.77. The fraction of sp³-hybridized carbons (Fsp3) is 1.00. The minimum Gasteiger partial charge on any atom is -0.394 e. The summed E-state index contributed by atoms with van der Waals surface area (Å²) in [5.41, 5.74) is 0. The number of rotatable bonds is 3. The van der Waals surface area contributed by atoms with Crippen LogP contribution in [0.3, 0.4) is 0 Å². The summed E-state index contributed by atoms with van der Waals surface area (Å²) in [7, 11) is 0. The third-order valence-corrected chi connectivity index (χ3v) is 1.18. The van der Waals surface area contributed by atoms with Crippen molar-refractivity contribution in [2.45, 2.75) is 18.4 Å². The molecule has 1 aliphatic rings. The Morgan fingerprint density at radius 2 is 2.22 bits per heavy atom. The maximum Gasteiger partial charge on any atom is 0.276 e. The molecule has 0 saturated heterocycles. The van der Waals surface area contributed by atoms with Crippen molar-refractivity contribution in [2.24, 2.45) is 0 Å². The predicted octanol–water partition coefficient (Wildman–Crippen LogP) is 0.403. The van der Waals surface area contributed by atoms with Crippen molar-refractivity contribution >= 4 is 0 Å². The van der Waals surface area contributed by atoms with Crippen LogP contribution in [0.25, 0.3) is 0 Å². The van der Waals surface area contributed by atoms with Gasteiger partial charge in [-0.1, -0.05) is 0 Å². The average molecular weight is 138 g/mol. The molecule has 1 N–H and O–H groups in total. The first-order chi connectivity index (χ1) is 4.17. The van der Waals surface area contributed by atoms with E-state index in [-0.39, 0.29) is 19.6 Å². The molecule has 0 unspecified atom stereocenters. The molecule has 0 aromatic rings. The van der Waals surface area contributed by atoms with E-state index in [0.717, 1.165) is 0 Å². The Hall–Kier alpha value is -0.220. The summed E-state index contributed by atoms with van der Waals surface area (Å²) in [4.78, 5) is 0. The van der Waals surface area contributed by atoms with Gasteiger partial charge in [0.1, 0.15) is 6.10 Å². The van der Waals surface area contributed by atoms with Gasteiger partial charge in [-0.25, -0.2) is 8.78 Å². The molecule has 2 nitrogen and oxygen atoms in total. The van der Waals surface area contributed by atoms with Crippen molar-refractivity contribution in [1.82, 2.24) is 0 Å². The molecule has 0 spiro atoms. The fourth-order valence-corrected chi connectivity index (χ4v) is 0.564. The Morgan fingerprint density at radius 1 is 1.67 bits per heavy atom. The van der Waals surface area contributed by atoms with E-state index in [1.54, 1.807) is 0 Å². The molecule has 0 aromatic carbocycles. The van der Waals surface area contributed by atoms with Crippen LogP contribution in [0.4, 0.5) is 8.78 Å². The SMILES string of the molecule is OCCO[C@H]1CC1(F)F. The molecule has 9 heavy (non-hydrogen) atoms. The van der Waals surface area contributed by atoms with Crippen molar-refractivity contribution in [2.75, 3.05) is 13.2 Å². The van der Waals surface area contributed by atoms with Crippen LogP contribution in [0.5, 0.6) is 0 Å². The second-order valence-corrected chi connectivity index (χ2v) is 2.05. The minimum atomic E-state index is -2.62. The van der Waals surface area contributed by atoms with Gasteiger partial charge in [0.15, 0.2) is 0 Å².